The smallest absolute Gasteiger partial charge is 0.274 e. The lowest BCUT2D eigenvalue weighted by atomic mass is 10.1. The molecule has 1 saturated heterocycles. The molecule has 1 aliphatic heterocycles. The van der Waals surface area contributed by atoms with E-state index < -0.39 is 5.91 Å². The lowest BCUT2D eigenvalue weighted by Gasteiger charge is -2.26. The van der Waals surface area contributed by atoms with Crippen LogP contribution in [-0.4, -0.2) is 49.3 Å². The molecule has 0 aliphatic carbocycles. The van der Waals surface area contributed by atoms with E-state index in [4.69, 9.17) is 0 Å². The normalized spacial score (nSPS) is 14.4. The Hall–Kier alpha value is -2.77. The number of nitrogens with one attached hydrogen (secondary N) is 1. The van der Waals surface area contributed by atoms with Gasteiger partial charge in [-0.1, -0.05) is 13.8 Å². The van der Waals surface area contributed by atoms with E-state index in [-0.39, 0.29) is 17.3 Å². The maximum atomic E-state index is 12.8. The zero-order valence-corrected chi connectivity index (χ0v) is 15.9. The number of hydrogen-bond acceptors (Lipinski definition) is 5. The molecule has 1 aliphatic rings. The Bertz CT molecular complexity index is 795. The second-order valence-electron chi connectivity index (χ2n) is 7.22. The standard InChI is InChI=1S/C19H26N6O2/c1-14(2)12-25-13-20-10-15(25)11-23-18(26)16-17(22-7-6-21-16)19(27)24-8-4-3-5-9-24/h6-7,10,13-14H,3-5,8-9,11-12H2,1-2H3,(H,23,26). The summed E-state index contributed by atoms with van der Waals surface area (Å²) < 4.78 is 2.02. The molecule has 0 saturated carbocycles. The average molecular weight is 370 g/mol. The second kappa shape index (κ2) is 8.75. The first kappa shape index (κ1) is 19.0. The fraction of sp³-hybridized carbons (Fsp3) is 0.526. The van der Waals surface area contributed by atoms with Crippen molar-refractivity contribution in [3.63, 3.8) is 0 Å². The number of imidazole rings is 1. The number of amides is 2. The first-order chi connectivity index (χ1) is 13.1. The van der Waals surface area contributed by atoms with Crippen LogP contribution in [0.4, 0.5) is 0 Å². The molecule has 0 radical (unpaired) electrons. The molecule has 2 amide bonds. The van der Waals surface area contributed by atoms with E-state index in [1.807, 2.05) is 4.57 Å². The monoisotopic (exact) mass is 370 g/mol. The van der Waals surface area contributed by atoms with E-state index in [0.717, 1.165) is 31.5 Å². The van der Waals surface area contributed by atoms with Gasteiger partial charge in [0.05, 0.1) is 18.6 Å². The van der Waals surface area contributed by atoms with E-state index >= 15 is 0 Å². The number of likely N-dealkylation sites (tertiary alicyclic amines) is 1. The van der Waals surface area contributed by atoms with E-state index in [9.17, 15) is 9.59 Å². The number of aromatic nitrogens is 4. The zero-order valence-electron chi connectivity index (χ0n) is 15.9. The molecular weight excluding hydrogens is 344 g/mol. The van der Waals surface area contributed by atoms with Crippen LogP contribution < -0.4 is 5.32 Å². The lowest BCUT2D eigenvalue weighted by molar-refractivity contribution is 0.0711. The predicted molar refractivity (Wildman–Crippen MR) is 100 cm³/mol. The molecule has 0 bridgehead atoms. The minimum absolute atomic E-state index is 0.0722. The molecule has 3 heterocycles. The Morgan fingerprint density at radius 1 is 1.11 bits per heavy atom. The van der Waals surface area contributed by atoms with Gasteiger partial charge in [-0.15, -0.1) is 0 Å². The highest BCUT2D eigenvalue weighted by atomic mass is 16.2. The summed E-state index contributed by atoms with van der Waals surface area (Å²) in [6.07, 6.45) is 9.47. The number of nitrogens with zero attached hydrogens (tertiary/aromatic N) is 5. The largest absolute Gasteiger partial charge is 0.345 e. The Labute approximate surface area is 159 Å². The Kier molecular flexibility index (Phi) is 6.16. The van der Waals surface area contributed by atoms with Crippen molar-refractivity contribution in [1.82, 2.24) is 29.7 Å². The van der Waals surface area contributed by atoms with Gasteiger partial charge in [-0.2, -0.15) is 0 Å². The van der Waals surface area contributed by atoms with Crippen LogP contribution in [0.25, 0.3) is 0 Å². The van der Waals surface area contributed by atoms with Gasteiger partial charge in [-0.3, -0.25) is 9.59 Å². The molecule has 0 atom stereocenters. The SMILES string of the molecule is CC(C)Cn1cncc1CNC(=O)c1nccnc1C(=O)N1CCCCC1. The van der Waals surface area contributed by atoms with Gasteiger partial charge in [0, 0.05) is 38.2 Å². The van der Waals surface area contributed by atoms with Crippen LogP contribution in [0.15, 0.2) is 24.9 Å². The molecule has 1 fully saturated rings. The van der Waals surface area contributed by atoms with Crippen LogP contribution in [0.1, 0.15) is 59.8 Å². The highest BCUT2D eigenvalue weighted by Crippen LogP contribution is 2.14. The number of hydrogen-bond donors (Lipinski definition) is 1. The second-order valence-corrected chi connectivity index (χ2v) is 7.22. The molecule has 0 spiro atoms. The van der Waals surface area contributed by atoms with Crippen LogP contribution >= 0.6 is 0 Å². The first-order valence-electron chi connectivity index (χ1n) is 9.43. The first-order valence-corrected chi connectivity index (χ1v) is 9.43. The molecule has 27 heavy (non-hydrogen) atoms. The summed E-state index contributed by atoms with van der Waals surface area (Å²) in [6, 6.07) is 0. The minimum atomic E-state index is -0.402. The molecule has 2 aromatic rings. The van der Waals surface area contributed by atoms with Crippen LogP contribution in [-0.2, 0) is 13.1 Å². The van der Waals surface area contributed by atoms with Crippen molar-refractivity contribution in [2.45, 2.75) is 46.2 Å². The Morgan fingerprint density at radius 2 is 1.81 bits per heavy atom. The third-order valence-electron chi connectivity index (χ3n) is 4.55. The zero-order chi connectivity index (χ0) is 19.2. The van der Waals surface area contributed by atoms with Crippen molar-refractivity contribution in [3.8, 4) is 0 Å². The summed E-state index contributed by atoms with van der Waals surface area (Å²) in [5.74, 6) is -0.152. The molecule has 0 unspecified atom stereocenters. The molecule has 8 nitrogen and oxygen atoms in total. The van der Waals surface area contributed by atoms with Crippen LogP contribution in [0.5, 0.6) is 0 Å². The molecule has 8 heteroatoms. The molecular formula is C19H26N6O2. The highest BCUT2D eigenvalue weighted by Gasteiger charge is 2.25. The number of carbonyl (C=O) groups excluding carboxylic acids is 2. The van der Waals surface area contributed by atoms with Gasteiger partial charge in [-0.25, -0.2) is 15.0 Å². The number of rotatable bonds is 6. The lowest BCUT2D eigenvalue weighted by Crippen LogP contribution is -2.38. The molecule has 0 aromatic carbocycles. The van der Waals surface area contributed by atoms with Crippen molar-refractivity contribution in [3.05, 3.63) is 42.0 Å². The molecule has 1 N–H and O–H groups in total. The summed E-state index contributed by atoms with van der Waals surface area (Å²) in [6.45, 7) is 6.80. The maximum Gasteiger partial charge on any atom is 0.274 e. The number of carbonyl (C=O) groups is 2. The van der Waals surface area contributed by atoms with Gasteiger partial charge in [0.1, 0.15) is 0 Å². The van der Waals surface area contributed by atoms with Crippen molar-refractivity contribution < 1.29 is 9.59 Å². The molecule has 2 aromatic heterocycles. The highest BCUT2D eigenvalue weighted by molar-refractivity contribution is 6.04. The van der Waals surface area contributed by atoms with Gasteiger partial charge in [0.25, 0.3) is 11.8 Å². The van der Waals surface area contributed by atoms with Gasteiger partial charge in [0.2, 0.25) is 0 Å². The average Bonchev–Trinajstić information content (AvgIpc) is 3.12. The Morgan fingerprint density at radius 3 is 2.52 bits per heavy atom. The van der Waals surface area contributed by atoms with E-state index in [1.54, 1.807) is 17.4 Å². The van der Waals surface area contributed by atoms with E-state index in [0.29, 0.717) is 25.6 Å². The topological polar surface area (TPSA) is 93.0 Å². The van der Waals surface area contributed by atoms with Gasteiger partial charge < -0.3 is 14.8 Å². The van der Waals surface area contributed by atoms with Crippen molar-refractivity contribution in [1.29, 1.82) is 0 Å². The van der Waals surface area contributed by atoms with Crippen molar-refractivity contribution in [2.75, 3.05) is 13.1 Å². The third kappa shape index (κ3) is 4.69. The fourth-order valence-electron chi connectivity index (χ4n) is 3.22. The molecule has 3 rings (SSSR count). The quantitative estimate of drug-likeness (QED) is 0.838. The third-order valence-corrected chi connectivity index (χ3v) is 4.55. The predicted octanol–water partition coefficient (Wildman–Crippen LogP) is 1.89. The van der Waals surface area contributed by atoms with Crippen LogP contribution in [0, 0.1) is 5.92 Å². The van der Waals surface area contributed by atoms with Gasteiger partial charge in [-0.05, 0) is 25.2 Å². The summed E-state index contributed by atoms with van der Waals surface area (Å²) in [4.78, 5) is 39.6. The summed E-state index contributed by atoms with van der Waals surface area (Å²) in [5.41, 5.74) is 1.10. The minimum Gasteiger partial charge on any atom is -0.345 e. The maximum absolute atomic E-state index is 12.8. The van der Waals surface area contributed by atoms with Crippen molar-refractivity contribution in [2.24, 2.45) is 5.92 Å². The van der Waals surface area contributed by atoms with E-state index in [2.05, 4.69) is 34.1 Å². The van der Waals surface area contributed by atoms with Gasteiger partial charge >= 0.3 is 0 Å². The summed E-state index contributed by atoms with van der Waals surface area (Å²) in [7, 11) is 0. The van der Waals surface area contributed by atoms with Crippen LogP contribution in [0.3, 0.4) is 0 Å². The van der Waals surface area contributed by atoms with Crippen LogP contribution in [0.2, 0.25) is 0 Å². The van der Waals surface area contributed by atoms with Gasteiger partial charge in [0.15, 0.2) is 11.4 Å². The number of piperidine rings is 1. The summed E-state index contributed by atoms with van der Waals surface area (Å²) in [5, 5.41) is 2.84. The van der Waals surface area contributed by atoms with Crippen molar-refractivity contribution >= 4 is 11.8 Å². The summed E-state index contributed by atoms with van der Waals surface area (Å²) >= 11 is 0. The van der Waals surface area contributed by atoms with E-state index in [1.165, 1.54) is 12.4 Å². The molecule has 144 valence electrons. The Balaban J connectivity index is 1.70. The fourth-order valence-corrected chi connectivity index (χ4v) is 3.22.